The zero-order chi connectivity index (χ0) is 26.7. The van der Waals surface area contributed by atoms with Crippen LogP contribution in [0.2, 0.25) is 0 Å². The molecule has 0 aliphatic carbocycles. The van der Waals surface area contributed by atoms with Crippen molar-refractivity contribution < 1.29 is 41.7 Å². The largest absolute Gasteiger partial charge is 0.507 e. The van der Waals surface area contributed by atoms with E-state index in [0.717, 1.165) is 6.07 Å². The van der Waals surface area contributed by atoms with Gasteiger partial charge in [0, 0.05) is 11.1 Å². The summed E-state index contributed by atoms with van der Waals surface area (Å²) in [7, 11) is 0. The number of esters is 1. The molecule has 2 N–H and O–H groups in total. The summed E-state index contributed by atoms with van der Waals surface area (Å²) in [6, 6.07) is 3.33. The van der Waals surface area contributed by atoms with E-state index in [0.29, 0.717) is 17.2 Å². The van der Waals surface area contributed by atoms with Gasteiger partial charge in [-0.15, -0.1) is 0 Å². The summed E-state index contributed by atoms with van der Waals surface area (Å²) >= 11 is 0. The SMILES string of the molecule is CCOC(=O)C[C@H](NC(=O)OC(C)(C)C)c1cc(-c2c(C)ccc(C)c2O)cc(C(F)(F)F)c1F. The lowest BCUT2D eigenvalue weighted by Crippen LogP contribution is -2.36. The predicted octanol–water partition coefficient (Wildman–Crippen LogP) is 6.35. The maximum absolute atomic E-state index is 15.3. The molecule has 10 heteroatoms. The van der Waals surface area contributed by atoms with Crippen molar-refractivity contribution in [3.05, 3.63) is 52.3 Å². The highest BCUT2D eigenvalue weighted by Crippen LogP contribution is 2.42. The molecule has 192 valence electrons. The number of carbonyl (C=O) groups is 2. The minimum absolute atomic E-state index is 0.0231. The second-order valence-electron chi connectivity index (χ2n) is 9.06. The minimum atomic E-state index is -5.09. The molecule has 1 amide bonds. The molecule has 0 aliphatic rings. The summed E-state index contributed by atoms with van der Waals surface area (Å²) in [5.41, 5.74) is -2.38. The summed E-state index contributed by atoms with van der Waals surface area (Å²) in [5.74, 6) is -2.78. The first-order valence-electron chi connectivity index (χ1n) is 10.9. The third-order valence-electron chi connectivity index (χ3n) is 5.03. The van der Waals surface area contributed by atoms with Gasteiger partial charge in [0.05, 0.1) is 24.6 Å². The summed E-state index contributed by atoms with van der Waals surface area (Å²) in [4.78, 5) is 24.6. The molecule has 0 fully saturated rings. The second kappa shape index (κ2) is 10.5. The molecular weight excluding hydrogens is 470 g/mol. The number of carbonyl (C=O) groups excluding carboxylic acids is 2. The number of alkyl carbamates (subject to hydrolysis) is 1. The number of hydrogen-bond donors (Lipinski definition) is 2. The van der Waals surface area contributed by atoms with Crippen molar-refractivity contribution in [1.82, 2.24) is 5.32 Å². The van der Waals surface area contributed by atoms with E-state index in [9.17, 15) is 27.9 Å². The van der Waals surface area contributed by atoms with Crippen LogP contribution in [0.1, 0.15) is 62.4 Å². The molecule has 0 unspecified atom stereocenters. The Morgan fingerprint density at radius 3 is 2.23 bits per heavy atom. The zero-order valence-corrected chi connectivity index (χ0v) is 20.4. The van der Waals surface area contributed by atoms with Gasteiger partial charge in [-0.1, -0.05) is 12.1 Å². The Bertz CT molecular complexity index is 1110. The summed E-state index contributed by atoms with van der Waals surface area (Å²) < 4.78 is 66.8. The molecule has 0 spiro atoms. The van der Waals surface area contributed by atoms with E-state index >= 15 is 4.39 Å². The number of phenols is 1. The number of ether oxygens (including phenoxy) is 2. The highest BCUT2D eigenvalue weighted by molar-refractivity contribution is 5.78. The minimum Gasteiger partial charge on any atom is -0.507 e. The van der Waals surface area contributed by atoms with Crippen molar-refractivity contribution in [3.8, 4) is 16.9 Å². The zero-order valence-electron chi connectivity index (χ0n) is 20.4. The van der Waals surface area contributed by atoms with Gasteiger partial charge in [0.25, 0.3) is 0 Å². The molecule has 0 heterocycles. The van der Waals surface area contributed by atoms with Crippen LogP contribution in [-0.2, 0) is 20.4 Å². The smallest absolute Gasteiger partial charge is 0.419 e. The van der Waals surface area contributed by atoms with Gasteiger partial charge in [-0.3, -0.25) is 4.79 Å². The third-order valence-corrected chi connectivity index (χ3v) is 5.03. The van der Waals surface area contributed by atoms with Crippen molar-refractivity contribution in [1.29, 1.82) is 0 Å². The monoisotopic (exact) mass is 499 g/mol. The number of rotatable bonds is 6. The van der Waals surface area contributed by atoms with Crippen LogP contribution >= 0.6 is 0 Å². The second-order valence-corrected chi connectivity index (χ2v) is 9.06. The molecule has 2 aromatic rings. The van der Waals surface area contributed by atoms with Crippen molar-refractivity contribution in [2.45, 2.75) is 65.8 Å². The van der Waals surface area contributed by atoms with Gasteiger partial charge in [-0.2, -0.15) is 13.2 Å². The van der Waals surface area contributed by atoms with E-state index in [4.69, 9.17) is 9.47 Å². The number of benzene rings is 2. The molecule has 6 nitrogen and oxygen atoms in total. The van der Waals surface area contributed by atoms with Gasteiger partial charge >= 0.3 is 18.2 Å². The number of aryl methyl sites for hydroxylation is 2. The molecule has 1 atom stereocenters. The molecule has 2 rings (SSSR count). The van der Waals surface area contributed by atoms with Crippen LogP contribution in [0.15, 0.2) is 24.3 Å². The van der Waals surface area contributed by atoms with Gasteiger partial charge in [-0.05, 0) is 70.4 Å². The van der Waals surface area contributed by atoms with Crippen LogP contribution in [0, 0.1) is 19.7 Å². The first kappa shape index (κ1) is 27.9. The molecule has 0 bridgehead atoms. The van der Waals surface area contributed by atoms with E-state index in [1.54, 1.807) is 46.8 Å². The number of nitrogens with one attached hydrogen (secondary N) is 1. The highest BCUT2D eigenvalue weighted by Gasteiger charge is 2.38. The van der Waals surface area contributed by atoms with Crippen LogP contribution in [0.4, 0.5) is 22.4 Å². The Morgan fingerprint density at radius 1 is 1.09 bits per heavy atom. The standard InChI is InChI=1S/C25H29F4NO5/c1-7-34-19(31)12-18(30-23(33)35-24(4,5)6)16-10-15(11-17(21(16)26)25(27,28)29)20-13(2)8-9-14(3)22(20)32/h8-11,18,32H,7,12H2,1-6H3,(H,30,33)/t18-/m0/s1. The van der Waals surface area contributed by atoms with E-state index in [-0.39, 0.29) is 23.5 Å². The fourth-order valence-electron chi connectivity index (χ4n) is 3.49. The van der Waals surface area contributed by atoms with E-state index in [1.165, 1.54) is 6.92 Å². The van der Waals surface area contributed by atoms with Gasteiger partial charge in [-0.25, -0.2) is 9.18 Å². The first-order chi connectivity index (χ1) is 16.0. The molecule has 0 radical (unpaired) electrons. The number of phenolic OH excluding ortho intramolecular Hbond substituents is 1. The summed E-state index contributed by atoms with van der Waals surface area (Å²) in [6.45, 7) is 9.36. The lowest BCUT2D eigenvalue weighted by molar-refractivity contribution is -0.143. The topological polar surface area (TPSA) is 84.9 Å². The lowest BCUT2D eigenvalue weighted by Gasteiger charge is -2.25. The first-order valence-corrected chi connectivity index (χ1v) is 10.9. The maximum Gasteiger partial charge on any atom is 0.419 e. The Balaban J connectivity index is 2.76. The fraction of sp³-hybridized carbons (Fsp3) is 0.440. The van der Waals surface area contributed by atoms with E-state index in [1.807, 2.05) is 0 Å². The van der Waals surface area contributed by atoms with Crippen LogP contribution < -0.4 is 5.32 Å². The predicted molar refractivity (Wildman–Crippen MR) is 121 cm³/mol. The number of amides is 1. The number of aromatic hydroxyl groups is 1. The van der Waals surface area contributed by atoms with Crippen LogP contribution in [-0.4, -0.2) is 29.4 Å². The van der Waals surface area contributed by atoms with E-state index < -0.39 is 53.2 Å². The quantitative estimate of drug-likeness (QED) is 0.357. The Hall–Kier alpha value is -3.30. The van der Waals surface area contributed by atoms with Crippen molar-refractivity contribution in [2.75, 3.05) is 6.61 Å². The summed E-state index contributed by atoms with van der Waals surface area (Å²) in [5, 5.41) is 12.9. The Morgan fingerprint density at radius 2 is 1.69 bits per heavy atom. The van der Waals surface area contributed by atoms with Crippen LogP contribution in [0.25, 0.3) is 11.1 Å². The maximum atomic E-state index is 15.3. The summed E-state index contributed by atoms with van der Waals surface area (Å²) in [6.07, 6.45) is -6.80. The van der Waals surface area contributed by atoms with Gasteiger partial charge < -0.3 is 19.9 Å². The number of hydrogen-bond acceptors (Lipinski definition) is 5. The lowest BCUT2D eigenvalue weighted by atomic mass is 9.91. The van der Waals surface area contributed by atoms with E-state index in [2.05, 4.69) is 5.32 Å². The molecule has 0 aromatic heterocycles. The molecular formula is C25H29F4NO5. The average molecular weight is 500 g/mol. The highest BCUT2D eigenvalue weighted by atomic mass is 19.4. The fourth-order valence-corrected chi connectivity index (χ4v) is 3.49. The number of alkyl halides is 3. The normalized spacial score (nSPS) is 12.7. The molecule has 0 saturated carbocycles. The number of halogens is 4. The third kappa shape index (κ3) is 7.10. The van der Waals surface area contributed by atoms with Gasteiger partial charge in [0.1, 0.15) is 17.2 Å². The molecule has 35 heavy (non-hydrogen) atoms. The Labute approximate surface area is 201 Å². The Kier molecular flexibility index (Phi) is 8.41. The van der Waals surface area contributed by atoms with Crippen LogP contribution in [0.5, 0.6) is 5.75 Å². The average Bonchev–Trinajstić information content (AvgIpc) is 2.69. The van der Waals surface area contributed by atoms with Crippen LogP contribution in [0.3, 0.4) is 0 Å². The van der Waals surface area contributed by atoms with Gasteiger partial charge in [0.15, 0.2) is 0 Å². The van der Waals surface area contributed by atoms with Crippen molar-refractivity contribution in [2.24, 2.45) is 0 Å². The molecule has 2 aromatic carbocycles. The van der Waals surface area contributed by atoms with Crippen molar-refractivity contribution >= 4 is 12.1 Å². The molecule has 0 aliphatic heterocycles. The van der Waals surface area contributed by atoms with Gasteiger partial charge in [0.2, 0.25) is 0 Å². The van der Waals surface area contributed by atoms with Crippen molar-refractivity contribution in [3.63, 3.8) is 0 Å². The molecule has 0 saturated heterocycles.